The summed E-state index contributed by atoms with van der Waals surface area (Å²) in [5.41, 5.74) is 0. The molecule has 0 aliphatic carbocycles. The maximum Gasteiger partial charge on any atom is 0.140 e. The number of hydrogen-bond acceptors (Lipinski definition) is 0. The lowest BCUT2D eigenvalue weighted by Gasteiger charge is -2.38. The highest BCUT2D eigenvalue weighted by molar-refractivity contribution is 4.99. The van der Waals surface area contributed by atoms with E-state index >= 15 is 0 Å². The maximum atomic E-state index is 3.69. The normalized spacial score (nSPS) is 11.2. The molecule has 0 aliphatic rings. The number of halogens is 1. The predicted molar refractivity (Wildman–Crippen MR) is 152 cm³/mol. The van der Waals surface area contributed by atoms with Gasteiger partial charge in [0.15, 0.2) is 0 Å². The molecule has 0 rings (SSSR count). The molecular formula is C32H64BrN. The molecule has 0 spiro atoms. The molecule has 0 aromatic carbocycles. The maximum absolute atomic E-state index is 3.69. The second-order valence-corrected chi connectivity index (χ2v) is 10.8. The van der Waals surface area contributed by atoms with Gasteiger partial charge in [0.25, 0.3) is 0 Å². The van der Waals surface area contributed by atoms with Crippen molar-refractivity contribution in [2.24, 2.45) is 0 Å². The molecule has 0 unspecified atom stereocenters. The van der Waals surface area contributed by atoms with E-state index in [1.165, 1.54) is 159 Å². The summed E-state index contributed by atoms with van der Waals surface area (Å²) in [4.78, 5) is 0. The zero-order chi connectivity index (χ0) is 24.3. The van der Waals surface area contributed by atoms with E-state index < -0.39 is 0 Å². The smallest absolute Gasteiger partial charge is 0.140 e. The Morgan fingerprint density at radius 3 is 1.09 bits per heavy atom. The van der Waals surface area contributed by atoms with Crippen molar-refractivity contribution in [3.8, 4) is 11.8 Å². The Kier molecular flexibility index (Phi) is 31.1. The first-order valence-electron chi connectivity index (χ1n) is 15.6. The van der Waals surface area contributed by atoms with Crippen LogP contribution in [0.5, 0.6) is 0 Å². The van der Waals surface area contributed by atoms with Crippen LogP contribution in [0.25, 0.3) is 0 Å². The molecule has 0 aromatic rings. The lowest BCUT2D eigenvalue weighted by Crippen LogP contribution is -3.00. The number of nitrogens with zero attached hydrogens (tertiary/aromatic N) is 1. The van der Waals surface area contributed by atoms with Gasteiger partial charge in [-0.15, -0.1) is 0 Å². The van der Waals surface area contributed by atoms with Crippen LogP contribution in [0.3, 0.4) is 0 Å². The predicted octanol–water partition coefficient (Wildman–Crippen LogP) is 7.47. The molecule has 2 heteroatoms. The number of quaternary nitrogens is 1. The quantitative estimate of drug-likeness (QED) is 0.0638. The van der Waals surface area contributed by atoms with Gasteiger partial charge in [-0.3, -0.25) is 0 Å². The van der Waals surface area contributed by atoms with Crippen LogP contribution in [0.4, 0.5) is 0 Å². The van der Waals surface area contributed by atoms with Crippen LogP contribution in [-0.2, 0) is 0 Å². The number of hydrogen-bond donors (Lipinski definition) is 0. The van der Waals surface area contributed by atoms with E-state index in [1.807, 2.05) is 0 Å². The topological polar surface area (TPSA) is 0 Å². The van der Waals surface area contributed by atoms with Crippen molar-refractivity contribution >= 4 is 0 Å². The van der Waals surface area contributed by atoms with Gasteiger partial charge in [-0.05, 0) is 50.9 Å². The van der Waals surface area contributed by atoms with Crippen molar-refractivity contribution in [3.63, 3.8) is 0 Å². The lowest BCUT2D eigenvalue weighted by atomic mass is 10.1. The third kappa shape index (κ3) is 23.7. The number of unbranched alkanes of at least 4 members (excludes halogenated alkanes) is 18. The fraction of sp³-hybridized carbons (Fsp3) is 0.938. The van der Waals surface area contributed by atoms with Crippen molar-refractivity contribution in [1.29, 1.82) is 0 Å². The van der Waals surface area contributed by atoms with Crippen LogP contribution in [0.1, 0.15) is 169 Å². The van der Waals surface area contributed by atoms with E-state index in [-0.39, 0.29) is 17.0 Å². The molecule has 0 saturated heterocycles. The fourth-order valence-electron chi connectivity index (χ4n) is 5.03. The molecule has 0 radical (unpaired) electrons. The van der Waals surface area contributed by atoms with Gasteiger partial charge in [0.05, 0.1) is 19.6 Å². The van der Waals surface area contributed by atoms with Crippen LogP contribution >= 0.6 is 0 Å². The summed E-state index contributed by atoms with van der Waals surface area (Å²) in [6, 6.07) is 0. The Hall–Kier alpha value is 0. The molecule has 34 heavy (non-hydrogen) atoms. The second-order valence-electron chi connectivity index (χ2n) is 10.8. The lowest BCUT2D eigenvalue weighted by molar-refractivity contribution is -0.922. The van der Waals surface area contributed by atoms with E-state index in [2.05, 4.69) is 39.5 Å². The minimum Gasteiger partial charge on any atom is -1.00 e. The molecule has 0 fully saturated rings. The highest BCUT2D eigenvalue weighted by Crippen LogP contribution is 2.18. The minimum absolute atomic E-state index is 0. The average molecular weight is 543 g/mol. The molecule has 0 heterocycles. The molecule has 0 aliphatic heterocycles. The fourth-order valence-corrected chi connectivity index (χ4v) is 5.03. The second kappa shape index (κ2) is 29.2. The molecule has 0 aromatic heterocycles. The standard InChI is InChI=1S/C32H64N.BrH/c1-5-9-13-17-21-25-29-33(30-26-22-18-14-10-6-2,31-27-23-19-15-11-7-3)32-28-24-20-16-12-8-4;/h5-23,25-27,29-32H2,1-4H3;1H/q+1;/p-1. The minimum atomic E-state index is 0. The molecule has 1 nitrogen and oxygen atoms in total. The van der Waals surface area contributed by atoms with E-state index in [4.69, 9.17) is 0 Å². The zero-order valence-corrected chi connectivity index (χ0v) is 25.8. The molecule has 0 amide bonds. The van der Waals surface area contributed by atoms with E-state index in [9.17, 15) is 0 Å². The molecule has 204 valence electrons. The summed E-state index contributed by atoms with van der Waals surface area (Å²) in [6.07, 6.45) is 30.4. The first-order chi connectivity index (χ1) is 16.2. The highest BCUT2D eigenvalue weighted by Gasteiger charge is 2.25. The van der Waals surface area contributed by atoms with Gasteiger partial charge in [-0.2, -0.15) is 0 Å². The summed E-state index contributed by atoms with van der Waals surface area (Å²) >= 11 is 0. The SMILES string of the molecule is CCCCCC#CC[N+](CCCCCCCC)(CCCCCCCC)CCCCCCCC.[Br-]. The van der Waals surface area contributed by atoms with Crippen LogP contribution < -0.4 is 17.0 Å². The monoisotopic (exact) mass is 541 g/mol. The summed E-state index contributed by atoms with van der Waals surface area (Å²) in [7, 11) is 0. The summed E-state index contributed by atoms with van der Waals surface area (Å²) in [6.45, 7) is 14.5. The van der Waals surface area contributed by atoms with Gasteiger partial charge in [-0.25, -0.2) is 0 Å². The molecule has 0 saturated carbocycles. The first kappa shape index (κ1) is 36.2. The Bertz CT molecular complexity index is 395. The van der Waals surface area contributed by atoms with Crippen molar-refractivity contribution in [2.45, 2.75) is 169 Å². The van der Waals surface area contributed by atoms with Gasteiger partial charge in [-0.1, -0.05) is 124 Å². The molecule has 0 bridgehead atoms. The van der Waals surface area contributed by atoms with Crippen molar-refractivity contribution in [1.82, 2.24) is 0 Å². The van der Waals surface area contributed by atoms with Crippen molar-refractivity contribution in [2.75, 3.05) is 26.2 Å². The molecule has 0 N–H and O–H groups in total. The third-order valence-electron chi connectivity index (χ3n) is 7.40. The Labute approximate surface area is 228 Å². The zero-order valence-electron chi connectivity index (χ0n) is 24.2. The van der Waals surface area contributed by atoms with Gasteiger partial charge in [0, 0.05) is 6.42 Å². The van der Waals surface area contributed by atoms with Gasteiger partial charge >= 0.3 is 0 Å². The number of rotatable bonds is 25. The summed E-state index contributed by atoms with van der Waals surface area (Å²) in [5.74, 6) is 7.26. The Balaban J connectivity index is 0. The average Bonchev–Trinajstić information content (AvgIpc) is 2.83. The van der Waals surface area contributed by atoms with Crippen LogP contribution in [0.15, 0.2) is 0 Å². The van der Waals surface area contributed by atoms with E-state index in [0.717, 1.165) is 13.0 Å². The van der Waals surface area contributed by atoms with Crippen LogP contribution in [-0.4, -0.2) is 30.7 Å². The Morgan fingerprint density at radius 1 is 0.382 bits per heavy atom. The summed E-state index contributed by atoms with van der Waals surface area (Å²) in [5, 5.41) is 0. The third-order valence-corrected chi connectivity index (χ3v) is 7.40. The highest BCUT2D eigenvalue weighted by atomic mass is 79.9. The Morgan fingerprint density at radius 2 is 0.706 bits per heavy atom. The van der Waals surface area contributed by atoms with Gasteiger partial charge < -0.3 is 21.5 Å². The van der Waals surface area contributed by atoms with Crippen LogP contribution in [0, 0.1) is 11.8 Å². The van der Waals surface area contributed by atoms with Gasteiger partial charge in [0.1, 0.15) is 6.54 Å². The molecular weight excluding hydrogens is 478 g/mol. The first-order valence-corrected chi connectivity index (χ1v) is 15.6. The van der Waals surface area contributed by atoms with E-state index in [0.29, 0.717) is 0 Å². The largest absolute Gasteiger partial charge is 1.00 e. The molecule has 0 atom stereocenters. The van der Waals surface area contributed by atoms with Crippen LogP contribution in [0.2, 0.25) is 0 Å². The van der Waals surface area contributed by atoms with Gasteiger partial charge in [0.2, 0.25) is 0 Å². The van der Waals surface area contributed by atoms with E-state index in [1.54, 1.807) is 0 Å². The summed E-state index contributed by atoms with van der Waals surface area (Å²) < 4.78 is 1.30. The van der Waals surface area contributed by atoms with Crippen molar-refractivity contribution in [3.05, 3.63) is 0 Å². The van der Waals surface area contributed by atoms with Crippen molar-refractivity contribution < 1.29 is 21.5 Å².